The number of nitrogens with zero attached hydrogens (tertiary/aromatic N) is 1. The molecule has 2 fully saturated rings. The number of nitrogens with one attached hydrogen (secondary N) is 2. The summed E-state index contributed by atoms with van der Waals surface area (Å²) < 4.78 is 51.8. The number of nitrogens with two attached hydrogens (primary N) is 1. The smallest absolute Gasteiger partial charge is 0.244 e. The topological polar surface area (TPSA) is 122 Å². The van der Waals surface area contributed by atoms with Gasteiger partial charge in [-0.05, 0) is 69.7 Å². The minimum Gasteiger partial charge on any atom is -0.365 e. The molecule has 1 aliphatic carbocycles. The van der Waals surface area contributed by atoms with Crippen molar-refractivity contribution in [3.63, 3.8) is 0 Å². The zero-order valence-electron chi connectivity index (χ0n) is 15.4. The van der Waals surface area contributed by atoms with Crippen LogP contribution in [-0.4, -0.2) is 47.0 Å². The summed E-state index contributed by atoms with van der Waals surface area (Å²) in [6.45, 7) is 3.39. The first-order chi connectivity index (χ1) is 13.1. The fraction of sp³-hybridized carbons (Fsp3) is 0.647. The lowest BCUT2D eigenvalue weighted by molar-refractivity contribution is 0.186. The summed E-state index contributed by atoms with van der Waals surface area (Å²) in [5.74, 6) is 0.560. The number of hydrogen-bond acceptors (Lipinski definition) is 6. The predicted molar refractivity (Wildman–Crippen MR) is 107 cm³/mol. The van der Waals surface area contributed by atoms with Crippen LogP contribution >= 0.6 is 11.6 Å². The van der Waals surface area contributed by atoms with Gasteiger partial charge in [0.25, 0.3) is 0 Å². The predicted octanol–water partition coefficient (Wildman–Crippen LogP) is 1.67. The molecule has 0 amide bonds. The van der Waals surface area contributed by atoms with Crippen LogP contribution in [-0.2, 0) is 20.0 Å². The van der Waals surface area contributed by atoms with E-state index >= 15 is 0 Å². The van der Waals surface area contributed by atoms with Crippen LogP contribution < -0.4 is 15.2 Å². The second kappa shape index (κ2) is 7.10. The van der Waals surface area contributed by atoms with E-state index in [-0.39, 0.29) is 9.92 Å². The van der Waals surface area contributed by atoms with Gasteiger partial charge in [-0.15, -0.1) is 0 Å². The molecule has 4 rings (SSSR count). The maximum Gasteiger partial charge on any atom is 0.244 e. The average Bonchev–Trinajstić information content (AvgIpc) is 3.08. The minimum atomic E-state index is -4.13. The quantitative estimate of drug-likeness (QED) is 0.646. The molecule has 0 aromatic heterocycles. The standard InChI is InChI=1S/C17H25ClN4O4S2/c18-13-9-14-16(10-15(13)27(19,23)24)28(25,26)21-17(20-14)5-3-12(4-6-17)11-22-7-1-2-8-22/h9-10,12,20-21H,1-8,11H2,(H2,19,23,24). The molecule has 0 bridgehead atoms. The molecular formula is C17H25ClN4O4S2. The number of halogens is 1. The molecule has 1 saturated carbocycles. The second-order valence-corrected chi connectivity index (χ2v) is 11.7. The molecule has 3 aliphatic rings. The SMILES string of the molecule is NS(=O)(=O)c1cc2c(cc1Cl)NC1(CCC(CN3CCCC3)CC1)NS2(=O)=O. The number of fused-ring (bicyclic) bond motifs is 1. The van der Waals surface area contributed by atoms with Crippen LogP contribution in [0, 0.1) is 5.92 Å². The maximum atomic E-state index is 12.9. The Kier molecular flexibility index (Phi) is 5.17. The Labute approximate surface area is 170 Å². The van der Waals surface area contributed by atoms with E-state index in [2.05, 4.69) is 14.9 Å². The Morgan fingerprint density at radius 3 is 2.46 bits per heavy atom. The Balaban J connectivity index is 1.56. The van der Waals surface area contributed by atoms with E-state index in [0.29, 0.717) is 24.4 Å². The molecule has 2 heterocycles. The van der Waals surface area contributed by atoms with Crippen LogP contribution in [0.1, 0.15) is 38.5 Å². The van der Waals surface area contributed by atoms with Gasteiger partial charge in [-0.25, -0.2) is 22.0 Å². The van der Waals surface area contributed by atoms with E-state index in [4.69, 9.17) is 16.7 Å². The zero-order chi connectivity index (χ0) is 20.2. The third kappa shape index (κ3) is 3.90. The molecule has 156 valence electrons. The first-order valence-electron chi connectivity index (χ1n) is 9.49. The number of primary sulfonamides is 1. The minimum absolute atomic E-state index is 0.0938. The summed E-state index contributed by atoms with van der Waals surface area (Å²) in [6, 6.07) is 2.36. The number of anilines is 1. The van der Waals surface area contributed by atoms with Gasteiger partial charge in [0.1, 0.15) is 15.5 Å². The van der Waals surface area contributed by atoms with E-state index in [1.807, 2.05) is 0 Å². The molecule has 11 heteroatoms. The molecule has 4 N–H and O–H groups in total. The highest BCUT2D eigenvalue weighted by Crippen LogP contribution is 2.41. The largest absolute Gasteiger partial charge is 0.365 e. The van der Waals surface area contributed by atoms with Crippen molar-refractivity contribution in [2.24, 2.45) is 11.1 Å². The van der Waals surface area contributed by atoms with E-state index in [0.717, 1.165) is 38.5 Å². The molecule has 1 spiro atoms. The van der Waals surface area contributed by atoms with Crippen LogP contribution in [0.2, 0.25) is 5.02 Å². The van der Waals surface area contributed by atoms with E-state index in [1.165, 1.54) is 18.9 Å². The Morgan fingerprint density at radius 1 is 1.21 bits per heavy atom. The highest BCUT2D eigenvalue weighted by atomic mass is 35.5. The molecular weight excluding hydrogens is 424 g/mol. The number of rotatable bonds is 3. The van der Waals surface area contributed by atoms with Gasteiger partial charge in [0, 0.05) is 6.54 Å². The Bertz CT molecular complexity index is 983. The fourth-order valence-corrected chi connectivity index (χ4v) is 7.30. The van der Waals surface area contributed by atoms with Gasteiger partial charge in [-0.1, -0.05) is 11.6 Å². The summed E-state index contributed by atoms with van der Waals surface area (Å²) in [7, 11) is -8.02. The molecule has 1 aromatic rings. The van der Waals surface area contributed by atoms with Crippen LogP contribution in [0.25, 0.3) is 0 Å². The summed E-state index contributed by atoms with van der Waals surface area (Å²) in [5.41, 5.74) is -0.450. The normalized spacial score (nSPS) is 30.1. The number of hydrogen-bond donors (Lipinski definition) is 3. The maximum absolute atomic E-state index is 12.9. The lowest BCUT2D eigenvalue weighted by Crippen LogP contribution is -2.59. The molecule has 1 aromatic carbocycles. The summed E-state index contributed by atoms with van der Waals surface area (Å²) in [4.78, 5) is 1.95. The molecule has 2 aliphatic heterocycles. The highest BCUT2D eigenvalue weighted by molar-refractivity contribution is 7.90. The number of likely N-dealkylation sites (tertiary alicyclic amines) is 1. The van der Waals surface area contributed by atoms with Gasteiger partial charge in [0.15, 0.2) is 0 Å². The third-order valence-corrected chi connectivity index (χ3v) is 8.96. The second-order valence-electron chi connectivity index (χ2n) is 8.09. The van der Waals surface area contributed by atoms with Crippen LogP contribution in [0.3, 0.4) is 0 Å². The third-order valence-electron chi connectivity index (χ3n) is 6.01. The number of sulfonamides is 2. The van der Waals surface area contributed by atoms with Gasteiger partial charge < -0.3 is 10.2 Å². The van der Waals surface area contributed by atoms with E-state index < -0.39 is 30.6 Å². The molecule has 0 atom stereocenters. The van der Waals surface area contributed by atoms with Crippen molar-refractivity contribution in [1.82, 2.24) is 9.62 Å². The van der Waals surface area contributed by atoms with Crippen LogP contribution in [0.5, 0.6) is 0 Å². The molecule has 1 saturated heterocycles. The van der Waals surface area contributed by atoms with E-state index in [9.17, 15) is 16.8 Å². The molecule has 0 radical (unpaired) electrons. The Hall–Kier alpha value is -0.910. The molecule has 8 nitrogen and oxygen atoms in total. The van der Waals surface area contributed by atoms with Crippen molar-refractivity contribution in [2.75, 3.05) is 25.0 Å². The van der Waals surface area contributed by atoms with Gasteiger partial charge >= 0.3 is 0 Å². The molecule has 28 heavy (non-hydrogen) atoms. The number of benzene rings is 1. The Morgan fingerprint density at radius 2 is 1.86 bits per heavy atom. The summed E-state index contributed by atoms with van der Waals surface area (Å²) in [5, 5.41) is 8.33. The van der Waals surface area contributed by atoms with Gasteiger partial charge in [-0.2, -0.15) is 4.72 Å². The zero-order valence-corrected chi connectivity index (χ0v) is 17.8. The lowest BCUT2D eigenvalue weighted by atomic mass is 9.81. The van der Waals surface area contributed by atoms with Crippen molar-refractivity contribution < 1.29 is 16.8 Å². The monoisotopic (exact) mass is 448 g/mol. The van der Waals surface area contributed by atoms with Crippen LogP contribution in [0.15, 0.2) is 21.9 Å². The van der Waals surface area contributed by atoms with Crippen molar-refractivity contribution in [1.29, 1.82) is 0 Å². The first kappa shape index (κ1) is 20.4. The van der Waals surface area contributed by atoms with Gasteiger partial charge in [0.05, 0.1) is 10.7 Å². The summed E-state index contributed by atoms with van der Waals surface area (Å²) in [6.07, 6.45) is 5.69. The van der Waals surface area contributed by atoms with Gasteiger partial charge in [-0.3, -0.25) is 0 Å². The van der Waals surface area contributed by atoms with Crippen molar-refractivity contribution in [3.05, 3.63) is 17.2 Å². The lowest BCUT2D eigenvalue weighted by Gasteiger charge is -2.45. The highest BCUT2D eigenvalue weighted by Gasteiger charge is 2.44. The van der Waals surface area contributed by atoms with Crippen molar-refractivity contribution in [3.8, 4) is 0 Å². The van der Waals surface area contributed by atoms with Crippen LogP contribution in [0.4, 0.5) is 5.69 Å². The van der Waals surface area contributed by atoms with Crippen molar-refractivity contribution >= 4 is 37.3 Å². The molecule has 0 unspecified atom stereocenters. The van der Waals surface area contributed by atoms with Gasteiger partial charge in [0.2, 0.25) is 20.0 Å². The summed E-state index contributed by atoms with van der Waals surface area (Å²) >= 11 is 6.06. The first-order valence-corrected chi connectivity index (χ1v) is 12.9. The van der Waals surface area contributed by atoms with Crippen molar-refractivity contribution in [2.45, 2.75) is 54.0 Å². The average molecular weight is 449 g/mol. The fourth-order valence-electron chi connectivity index (χ4n) is 4.58. The van der Waals surface area contributed by atoms with E-state index in [1.54, 1.807) is 0 Å².